The Morgan fingerprint density at radius 2 is 2.00 bits per heavy atom. The van der Waals surface area contributed by atoms with Crippen molar-refractivity contribution < 1.29 is 4.79 Å². The van der Waals surface area contributed by atoms with Crippen LogP contribution in [0.1, 0.15) is 16.1 Å². The Hall–Kier alpha value is -2.46. The van der Waals surface area contributed by atoms with Gasteiger partial charge >= 0.3 is 0 Å². The molecule has 0 aliphatic carbocycles. The molecule has 3 rings (SSSR count). The van der Waals surface area contributed by atoms with E-state index in [0.717, 1.165) is 27.7 Å². The van der Waals surface area contributed by atoms with Crippen LogP contribution in [0, 0.1) is 6.92 Å². The van der Waals surface area contributed by atoms with Crippen LogP contribution in [0.2, 0.25) is 5.02 Å². The third kappa shape index (κ3) is 2.45. The second-order valence-electron chi connectivity index (χ2n) is 4.74. The van der Waals surface area contributed by atoms with Gasteiger partial charge in [0.1, 0.15) is 0 Å². The van der Waals surface area contributed by atoms with Crippen LogP contribution >= 0.6 is 11.6 Å². The molecule has 3 aromatic rings. The minimum atomic E-state index is -0.472. The number of amides is 1. The first-order valence-corrected chi connectivity index (χ1v) is 6.75. The highest BCUT2D eigenvalue weighted by molar-refractivity contribution is 6.31. The zero-order valence-corrected chi connectivity index (χ0v) is 12.1. The monoisotopic (exact) mass is 297 g/mol. The first-order chi connectivity index (χ1) is 10.1. The maximum atomic E-state index is 11.6. The average molecular weight is 298 g/mol. The van der Waals surface area contributed by atoms with E-state index in [1.807, 2.05) is 31.2 Å². The van der Waals surface area contributed by atoms with E-state index < -0.39 is 5.91 Å². The van der Waals surface area contributed by atoms with Crippen molar-refractivity contribution in [3.63, 3.8) is 0 Å². The molecule has 2 aromatic heterocycles. The second-order valence-corrected chi connectivity index (χ2v) is 5.18. The molecule has 4 nitrogen and oxygen atoms in total. The van der Waals surface area contributed by atoms with Crippen molar-refractivity contribution in [2.24, 2.45) is 5.73 Å². The van der Waals surface area contributed by atoms with E-state index in [-0.39, 0.29) is 0 Å². The fourth-order valence-corrected chi connectivity index (χ4v) is 2.56. The topological polar surface area (TPSA) is 68.9 Å². The lowest BCUT2D eigenvalue weighted by Gasteiger charge is -2.10. The number of nitrogens with zero attached hydrogens (tertiary/aromatic N) is 2. The standard InChI is InChI=1S/C16H12ClN3O/c1-9-15(13(16(18)21)4-5-19-9)10-2-3-14-11(6-10)7-12(17)8-20-14/h2-8H,1H3,(H2,18,21). The fraction of sp³-hybridized carbons (Fsp3) is 0.0625. The smallest absolute Gasteiger partial charge is 0.249 e. The summed E-state index contributed by atoms with van der Waals surface area (Å²) in [5.41, 5.74) is 9.11. The molecule has 104 valence electrons. The van der Waals surface area contributed by atoms with E-state index in [1.165, 1.54) is 0 Å². The minimum Gasteiger partial charge on any atom is -0.366 e. The molecule has 2 heterocycles. The molecule has 0 unspecified atom stereocenters. The highest BCUT2D eigenvalue weighted by Crippen LogP contribution is 2.29. The summed E-state index contributed by atoms with van der Waals surface area (Å²) in [6.07, 6.45) is 3.19. The second kappa shape index (κ2) is 5.14. The zero-order chi connectivity index (χ0) is 15.0. The van der Waals surface area contributed by atoms with E-state index >= 15 is 0 Å². The predicted octanol–water partition coefficient (Wildman–Crippen LogP) is 3.36. The Bertz CT molecular complexity index is 861. The van der Waals surface area contributed by atoms with Crippen molar-refractivity contribution in [3.8, 4) is 11.1 Å². The maximum absolute atomic E-state index is 11.6. The summed E-state index contributed by atoms with van der Waals surface area (Å²) in [5, 5.41) is 1.47. The number of primary amides is 1. The van der Waals surface area contributed by atoms with Crippen molar-refractivity contribution in [1.29, 1.82) is 0 Å². The Morgan fingerprint density at radius 1 is 1.19 bits per heavy atom. The molecular formula is C16H12ClN3O. The summed E-state index contributed by atoms with van der Waals surface area (Å²) < 4.78 is 0. The molecule has 0 fully saturated rings. The van der Waals surface area contributed by atoms with Crippen LogP contribution in [0.5, 0.6) is 0 Å². The molecular weight excluding hydrogens is 286 g/mol. The van der Waals surface area contributed by atoms with E-state index in [9.17, 15) is 4.79 Å². The number of benzene rings is 1. The van der Waals surface area contributed by atoms with Crippen LogP contribution < -0.4 is 5.73 Å². The third-order valence-corrected chi connectivity index (χ3v) is 3.55. The highest BCUT2D eigenvalue weighted by atomic mass is 35.5. The summed E-state index contributed by atoms with van der Waals surface area (Å²) in [4.78, 5) is 20.1. The number of carbonyl (C=O) groups is 1. The number of nitrogens with two attached hydrogens (primary N) is 1. The highest BCUT2D eigenvalue weighted by Gasteiger charge is 2.13. The van der Waals surface area contributed by atoms with Crippen molar-refractivity contribution in [1.82, 2.24) is 9.97 Å². The van der Waals surface area contributed by atoms with Gasteiger partial charge in [0.05, 0.1) is 16.1 Å². The van der Waals surface area contributed by atoms with E-state index in [1.54, 1.807) is 18.5 Å². The lowest BCUT2D eigenvalue weighted by Crippen LogP contribution is -2.13. The summed E-state index contributed by atoms with van der Waals surface area (Å²) in [7, 11) is 0. The van der Waals surface area contributed by atoms with Gasteiger partial charge in [0.2, 0.25) is 5.91 Å². The molecule has 0 radical (unpaired) electrons. The van der Waals surface area contributed by atoms with Gasteiger partial charge in [0, 0.05) is 29.0 Å². The van der Waals surface area contributed by atoms with Crippen molar-refractivity contribution in [3.05, 3.63) is 59.0 Å². The fourth-order valence-electron chi connectivity index (χ4n) is 2.40. The molecule has 1 amide bonds. The van der Waals surface area contributed by atoms with Gasteiger partial charge in [-0.05, 0) is 36.8 Å². The Labute approximate surface area is 126 Å². The van der Waals surface area contributed by atoms with Crippen molar-refractivity contribution in [2.45, 2.75) is 6.92 Å². The molecule has 5 heteroatoms. The van der Waals surface area contributed by atoms with Gasteiger partial charge in [0.15, 0.2) is 0 Å². The molecule has 0 bridgehead atoms. The van der Waals surface area contributed by atoms with Gasteiger partial charge in [-0.25, -0.2) is 0 Å². The molecule has 0 aliphatic heterocycles. The number of carbonyl (C=O) groups excluding carboxylic acids is 1. The van der Waals surface area contributed by atoms with Crippen LogP contribution in [-0.4, -0.2) is 15.9 Å². The summed E-state index contributed by atoms with van der Waals surface area (Å²) in [6, 6.07) is 9.19. The number of aryl methyl sites for hydroxylation is 1. The van der Waals surface area contributed by atoms with Crippen LogP contribution in [0.3, 0.4) is 0 Å². The number of pyridine rings is 2. The first kappa shape index (κ1) is 13.5. The molecule has 0 aliphatic rings. The van der Waals surface area contributed by atoms with Gasteiger partial charge in [-0.15, -0.1) is 0 Å². The molecule has 0 spiro atoms. The van der Waals surface area contributed by atoms with E-state index in [4.69, 9.17) is 17.3 Å². The van der Waals surface area contributed by atoms with E-state index in [2.05, 4.69) is 9.97 Å². The Kier molecular flexibility index (Phi) is 3.31. The number of halogens is 1. The van der Waals surface area contributed by atoms with Crippen LogP contribution in [0.4, 0.5) is 0 Å². The number of aromatic nitrogens is 2. The van der Waals surface area contributed by atoms with Gasteiger partial charge < -0.3 is 5.73 Å². The molecule has 21 heavy (non-hydrogen) atoms. The molecule has 0 saturated heterocycles. The number of fused-ring (bicyclic) bond motifs is 1. The Balaban J connectivity index is 2.28. The zero-order valence-electron chi connectivity index (χ0n) is 11.3. The van der Waals surface area contributed by atoms with Gasteiger partial charge in [0.25, 0.3) is 0 Å². The minimum absolute atomic E-state index is 0.455. The molecule has 0 saturated carbocycles. The molecule has 1 aromatic carbocycles. The lowest BCUT2D eigenvalue weighted by atomic mass is 9.97. The maximum Gasteiger partial charge on any atom is 0.249 e. The SMILES string of the molecule is Cc1nccc(C(N)=O)c1-c1ccc2ncc(Cl)cc2c1. The van der Waals surface area contributed by atoms with E-state index in [0.29, 0.717) is 10.6 Å². The largest absolute Gasteiger partial charge is 0.366 e. The van der Waals surface area contributed by atoms with Crippen molar-refractivity contribution in [2.75, 3.05) is 0 Å². The van der Waals surface area contributed by atoms with Gasteiger partial charge in [-0.3, -0.25) is 14.8 Å². The summed E-state index contributed by atoms with van der Waals surface area (Å²) in [5.74, 6) is -0.472. The van der Waals surface area contributed by atoms with Crippen LogP contribution in [-0.2, 0) is 0 Å². The van der Waals surface area contributed by atoms with Crippen LogP contribution in [0.15, 0.2) is 42.7 Å². The quantitative estimate of drug-likeness (QED) is 0.788. The first-order valence-electron chi connectivity index (χ1n) is 6.37. The average Bonchev–Trinajstić information content (AvgIpc) is 2.46. The number of hydrogen-bond donors (Lipinski definition) is 1. The normalized spacial score (nSPS) is 10.8. The lowest BCUT2D eigenvalue weighted by molar-refractivity contribution is 0.100. The van der Waals surface area contributed by atoms with Gasteiger partial charge in [-0.2, -0.15) is 0 Å². The summed E-state index contributed by atoms with van der Waals surface area (Å²) in [6.45, 7) is 1.85. The Morgan fingerprint density at radius 3 is 2.76 bits per heavy atom. The predicted molar refractivity (Wildman–Crippen MR) is 83.2 cm³/mol. The summed E-state index contributed by atoms with van der Waals surface area (Å²) >= 11 is 5.98. The van der Waals surface area contributed by atoms with Gasteiger partial charge in [-0.1, -0.05) is 17.7 Å². The molecule has 2 N–H and O–H groups in total. The number of hydrogen-bond acceptors (Lipinski definition) is 3. The molecule has 0 atom stereocenters. The number of rotatable bonds is 2. The third-order valence-electron chi connectivity index (χ3n) is 3.34. The van der Waals surface area contributed by atoms with Crippen LogP contribution in [0.25, 0.3) is 22.0 Å². The van der Waals surface area contributed by atoms with Crippen molar-refractivity contribution >= 4 is 28.4 Å².